The zero-order valence-corrected chi connectivity index (χ0v) is 16.9. The van der Waals surface area contributed by atoms with E-state index in [2.05, 4.69) is 65.2 Å². The lowest BCUT2D eigenvalue weighted by Gasteiger charge is -2.06. The van der Waals surface area contributed by atoms with Gasteiger partial charge in [0, 0.05) is 10.7 Å². The molecule has 122 valence electrons. The van der Waals surface area contributed by atoms with E-state index in [0.29, 0.717) is 10.1 Å². The molecule has 0 aliphatic carbocycles. The maximum absolute atomic E-state index is 11.8. The Kier molecular flexibility index (Phi) is 9.13. The number of ketones is 1. The monoisotopic (exact) mass is 504 g/mol. The highest BCUT2D eigenvalue weighted by Crippen LogP contribution is 2.13. The average Bonchev–Trinajstić information content (AvgIpc) is 2.52. The fraction of sp³-hybridized carbons (Fsp3) is 0.125. The number of Topliss-reactive ketones (excluding diaryl/α,β-unsaturated/α-hetero) is 1. The van der Waals surface area contributed by atoms with E-state index in [1.807, 2.05) is 24.3 Å². The Balaban J connectivity index is 2.57. The van der Waals surface area contributed by atoms with Crippen molar-refractivity contribution >= 4 is 59.5 Å². The van der Waals surface area contributed by atoms with Crippen LogP contribution in [0.25, 0.3) is 0 Å². The molecule has 0 heterocycles. The van der Waals surface area contributed by atoms with Crippen LogP contribution in [0.15, 0.2) is 63.7 Å². The van der Waals surface area contributed by atoms with Crippen LogP contribution in [0.4, 0.5) is 0 Å². The summed E-state index contributed by atoms with van der Waals surface area (Å²) in [6.45, 7) is 3.66. The molecule has 7 heteroatoms. The molecule has 23 heavy (non-hydrogen) atoms. The van der Waals surface area contributed by atoms with Crippen molar-refractivity contribution in [2.24, 2.45) is 0 Å². The van der Waals surface area contributed by atoms with Crippen molar-refractivity contribution < 1.29 is 9.59 Å². The van der Waals surface area contributed by atoms with Crippen molar-refractivity contribution in [3.05, 3.63) is 69.3 Å². The summed E-state index contributed by atoms with van der Waals surface area (Å²) in [5.41, 5.74) is 6.81. The first-order chi connectivity index (χ1) is 11.0. The van der Waals surface area contributed by atoms with E-state index in [-0.39, 0.29) is 23.4 Å². The summed E-state index contributed by atoms with van der Waals surface area (Å²) in [6, 6.07) is 7.54. The molecule has 0 aliphatic heterocycles. The SMILES string of the molecule is C=CC(=C\NNC(=O)Cc1cccc(Br)c1)/C=C(/Br)C(=O)CBr. The molecule has 0 unspecified atom stereocenters. The Hall–Kier alpha value is -1.18. The molecule has 0 spiro atoms. The number of benzene rings is 1. The van der Waals surface area contributed by atoms with E-state index >= 15 is 0 Å². The molecule has 1 rings (SSSR count). The van der Waals surface area contributed by atoms with Crippen molar-refractivity contribution in [3.63, 3.8) is 0 Å². The average molecular weight is 507 g/mol. The number of alkyl halides is 1. The third kappa shape index (κ3) is 7.76. The standard InChI is InChI=1S/C16H15Br3N2O2/c1-2-11(7-14(19)15(22)9-17)10-20-21-16(23)8-12-4-3-5-13(18)6-12/h2-7,10,20H,1,8-9H2,(H,21,23)/b11-10+,14-7+. The van der Waals surface area contributed by atoms with Crippen LogP contribution in [0, 0.1) is 0 Å². The van der Waals surface area contributed by atoms with Crippen molar-refractivity contribution in [3.8, 4) is 0 Å². The van der Waals surface area contributed by atoms with Gasteiger partial charge in [-0.05, 0) is 45.3 Å². The number of carbonyl (C=O) groups excluding carboxylic acids is 2. The van der Waals surface area contributed by atoms with Crippen LogP contribution >= 0.6 is 47.8 Å². The zero-order chi connectivity index (χ0) is 17.2. The van der Waals surface area contributed by atoms with Crippen molar-refractivity contribution in [1.29, 1.82) is 0 Å². The predicted octanol–water partition coefficient (Wildman–Crippen LogP) is 3.93. The molecule has 1 amide bonds. The van der Waals surface area contributed by atoms with E-state index in [4.69, 9.17) is 0 Å². The quantitative estimate of drug-likeness (QED) is 0.243. The van der Waals surface area contributed by atoms with E-state index in [1.165, 1.54) is 0 Å². The predicted molar refractivity (Wildman–Crippen MR) is 103 cm³/mol. The Morgan fingerprint density at radius 3 is 2.65 bits per heavy atom. The van der Waals surface area contributed by atoms with Crippen LogP contribution in [-0.2, 0) is 16.0 Å². The third-order valence-electron chi connectivity index (χ3n) is 2.62. The Morgan fingerprint density at radius 2 is 2.04 bits per heavy atom. The van der Waals surface area contributed by atoms with Crippen LogP contribution in [0.3, 0.4) is 0 Å². The van der Waals surface area contributed by atoms with Gasteiger partial charge in [0.1, 0.15) is 0 Å². The molecule has 1 aromatic rings. The van der Waals surface area contributed by atoms with Crippen LogP contribution in [0.5, 0.6) is 0 Å². The number of carbonyl (C=O) groups is 2. The van der Waals surface area contributed by atoms with Gasteiger partial charge in [0.15, 0.2) is 5.78 Å². The number of hydrogen-bond acceptors (Lipinski definition) is 3. The minimum Gasteiger partial charge on any atom is -0.305 e. The summed E-state index contributed by atoms with van der Waals surface area (Å²) < 4.78 is 1.35. The van der Waals surface area contributed by atoms with Crippen LogP contribution < -0.4 is 10.9 Å². The molecule has 0 atom stereocenters. The maximum atomic E-state index is 11.8. The van der Waals surface area contributed by atoms with E-state index in [1.54, 1.807) is 18.4 Å². The molecule has 0 aliphatic rings. The Bertz CT molecular complexity index is 654. The number of hydrogen-bond donors (Lipinski definition) is 2. The molecule has 0 bridgehead atoms. The van der Waals surface area contributed by atoms with Gasteiger partial charge in [-0.15, -0.1) is 0 Å². The molecular formula is C16H15Br3N2O2. The van der Waals surface area contributed by atoms with Gasteiger partial charge in [0.05, 0.1) is 16.2 Å². The van der Waals surface area contributed by atoms with Crippen LogP contribution in [-0.4, -0.2) is 17.0 Å². The topological polar surface area (TPSA) is 58.2 Å². The fourth-order valence-electron chi connectivity index (χ4n) is 1.53. The van der Waals surface area contributed by atoms with Gasteiger partial charge in [-0.3, -0.25) is 15.0 Å². The lowest BCUT2D eigenvalue weighted by Crippen LogP contribution is -2.34. The van der Waals surface area contributed by atoms with Crippen molar-refractivity contribution in [2.45, 2.75) is 6.42 Å². The van der Waals surface area contributed by atoms with Gasteiger partial charge in [-0.1, -0.05) is 56.6 Å². The van der Waals surface area contributed by atoms with Gasteiger partial charge >= 0.3 is 0 Å². The lowest BCUT2D eigenvalue weighted by atomic mass is 10.1. The summed E-state index contributed by atoms with van der Waals surface area (Å²) >= 11 is 9.65. The third-order valence-corrected chi connectivity index (χ3v) is 4.29. The first-order valence-corrected chi connectivity index (χ1v) is 9.24. The molecule has 0 saturated heterocycles. The molecule has 0 fully saturated rings. The highest BCUT2D eigenvalue weighted by Gasteiger charge is 2.04. The van der Waals surface area contributed by atoms with E-state index in [9.17, 15) is 9.59 Å². The van der Waals surface area contributed by atoms with Gasteiger partial charge in [0.2, 0.25) is 5.91 Å². The zero-order valence-electron chi connectivity index (χ0n) is 12.1. The maximum Gasteiger partial charge on any atom is 0.242 e. The number of rotatable bonds is 8. The molecular weight excluding hydrogens is 492 g/mol. The normalized spacial score (nSPS) is 11.8. The van der Waals surface area contributed by atoms with Gasteiger partial charge in [-0.25, -0.2) is 0 Å². The first kappa shape index (κ1) is 19.9. The summed E-state index contributed by atoms with van der Waals surface area (Å²) in [4.78, 5) is 23.3. The number of halogens is 3. The molecule has 0 saturated carbocycles. The number of nitrogens with one attached hydrogen (secondary N) is 2. The second-order valence-corrected chi connectivity index (χ2v) is 6.73. The highest BCUT2D eigenvalue weighted by molar-refractivity contribution is 9.12. The summed E-state index contributed by atoms with van der Waals surface area (Å²) in [7, 11) is 0. The highest BCUT2D eigenvalue weighted by atomic mass is 79.9. The molecule has 0 aromatic heterocycles. The van der Waals surface area contributed by atoms with Gasteiger partial charge in [0.25, 0.3) is 0 Å². The number of allylic oxidation sites excluding steroid dienone is 4. The minimum absolute atomic E-state index is 0.0866. The van der Waals surface area contributed by atoms with Crippen molar-refractivity contribution in [2.75, 3.05) is 5.33 Å². The van der Waals surface area contributed by atoms with Crippen LogP contribution in [0.1, 0.15) is 5.56 Å². The summed E-state index contributed by atoms with van der Waals surface area (Å²) in [5.74, 6) is -0.265. The van der Waals surface area contributed by atoms with Crippen LogP contribution in [0.2, 0.25) is 0 Å². The van der Waals surface area contributed by atoms with Gasteiger partial charge < -0.3 is 5.43 Å². The van der Waals surface area contributed by atoms with Crippen molar-refractivity contribution in [1.82, 2.24) is 10.9 Å². The Morgan fingerprint density at radius 1 is 1.30 bits per heavy atom. The van der Waals surface area contributed by atoms with E-state index in [0.717, 1.165) is 10.0 Å². The number of amides is 1. The smallest absolute Gasteiger partial charge is 0.242 e. The minimum atomic E-state index is -0.178. The second-order valence-electron chi connectivity index (χ2n) is 4.40. The molecule has 2 N–H and O–H groups in total. The van der Waals surface area contributed by atoms with E-state index < -0.39 is 0 Å². The molecule has 0 radical (unpaired) electrons. The second kappa shape index (κ2) is 10.6. The fourth-order valence-corrected chi connectivity index (χ4v) is 3.06. The first-order valence-electron chi connectivity index (χ1n) is 6.54. The summed E-state index contributed by atoms with van der Waals surface area (Å²) in [6.07, 6.45) is 4.99. The number of hydrazine groups is 1. The van der Waals surface area contributed by atoms with Gasteiger partial charge in [-0.2, -0.15) is 0 Å². The summed E-state index contributed by atoms with van der Waals surface area (Å²) in [5, 5.41) is 0.227. The largest absolute Gasteiger partial charge is 0.305 e. The Labute approximate surface area is 160 Å². The lowest BCUT2D eigenvalue weighted by molar-refractivity contribution is -0.121. The molecule has 1 aromatic carbocycles. The molecule has 4 nitrogen and oxygen atoms in total.